The van der Waals surface area contributed by atoms with Crippen LogP contribution in [-0.2, 0) is 0 Å². The van der Waals surface area contributed by atoms with Gasteiger partial charge >= 0.3 is 0 Å². The summed E-state index contributed by atoms with van der Waals surface area (Å²) in [6.45, 7) is 15.1. The number of rotatable bonds is 5. The van der Waals surface area contributed by atoms with Gasteiger partial charge in [-0.1, -0.05) is 66.0 Å². The van der Waals surface area contributed by atoms with E-state index in [4.69, 9.17) is 0 Å². The average Bonchev–Trinajstić information content (AvgIpc) is 3.03. The van der Waals surface area contributed by atoms with Gasteiger partial charge in [0.2, 0.25) is 0 Å². The number of aliphatic hydroxyl groups excluding tert-OH is 1. The minimum atomic E-state index is -0.0790. The second-order valence-electron chi connectivity index (χ2n) is 12.7. The summed E-state index contributed by atoms with van der Waals surface area (Å²) in [6.07, 6.45) is 15.7. The Labute approximate surface area is 181 Å². The molecule has 9 atom stereocenters. The molecular weight excluding hydrogens is 352 g/mol. The third kappa shape index (κ3) is 3.66. The van der Waals surface area contributed by atoms with Crippen LogP contribution in [0.25, 0.3) is 0 Å². The van der Waals surface area contributed by atoms with Crippen LogP contribution in [0, 0.1) is 52.3 Å². The van der Waals surface area contributed by atoms with E-state index < -0.39 is 0 Å². The van der Waals surface area contributed by atoms with Gasteiger partial charge in [-0.15, -0.1) is 0 Å². The molecule has 0 aromatic carbocycles. The first-order valence-electron chi connectivity index (χ1n) is 13.0. The molecular formula is C28H48O. The topological polar surface area (TPSA) is 20.2 Å². The molecule has 1 N–H and O–H groups in total. The molecule has 0 aromatic heterocycles. The zero-order chi connectivity index (χ0) is 21.0. The van der Waals surface area contributed by atoms with E-state index in [1.54, 1.807) is 5.57 Å². The fourth-order valence-corrected chi connectivity index (χ4v) is 8.68. The van der Waals surface area contributed by atoms with Gasteiger partial charge in [-0.25, -0.2) is 0 Å². The van der Waals surface area contributed by atoms with Crippen LogP contribution >= 0.6 is 0 Å². The largest absolute Gasteiger partial charge is 0.393 e. The highest BCUT2D eigenvalue weighted by Crippen LogP contribution is 2.67. The summed E-state index contributed by atoms with van der Waals surface area (Å²) >= 11 is 0. The second kappa shape index (κ2) is 7.99. The fraction of sp³-hybridized carbons (Fsp3) is 0.929. The Morgan fingerprint density at radius 1 is 0.966 bits per heavy atom. The number of allylic oxidation sites excluding steroid dienone is 1. The quantitative estimate of drug-likeness (QED) is 0.470. The molecule has 0 saturated heterocycles. The number of hydrogen-bond donors (Lipinski definition) is 1. The van der Waals surface area contributed by atoms with Gasteiger partial charge in [0, 0.05) is 0 Å². The Morgan fingerprint density at radius 2 is 1.72 bits per heavy atom. The zero-order valence-electron chi connectivity index (χ0n) is 20.2. The van der Waals surface area contributed by atoms with Gasteiger partial charge in [0.05, 0.1) is 6.10 Å². The minimum absolute atomic E-state index is 0.0790. The Hall–Kier alpha value is -0.300. The number of aliphatic hydroxyl groups is 1. The van der Waals surface area contributed by atoms with Crippen LogP contribution in [0.15, 0.2) is 11.6 Å². The van der Waals surface area contributed by atoms with Gasteiger partial charge in [0.15, 0.2) is 0 Å². The molecule has 4 aliphatic carbocycles. The van der Waals surface area contributed by atoms with E-state index in [0.29, 0.717) is 10.8 Å². The van der Waals surface area contributed by atoms with E-state index in [1.807, 2.05) is 0 Å². The maximum Gasteiger partial charge on any atom is 0.0577 e. The zero-order valence-corrected chi connectivity index (χ0v) is 20.2. The van der Waals surface area contributed by atoms with Gasteiger partial charge < -0.3 is 5.11 Å². The Balaban J connectivity index is 1.49. The van der Waals surface area contributed by atoms with Crippen LogP contribution in [0.4, 0.5) is 0 Å². The molecule has 0 spiro atoms. The summed E-state index contributed by atoms with van der Waals surface area (Å²) in [4.78, 5) is 0. The lowest BCUT2D eigenvalue weighted by Gasteiger charge is -2.58. The van der Waals surface area contributed by atoms with Crippen molar-refractivity contribution in [2.75, 3.05) is 0 Å². The predicted octanol–water partition coefficient (Wildman–Crippen LogP) is 7.63. The lowest BCUT2D eigenvalue weighted by molar-refractivity contribution is -0.0574. The van der Waals surface area contributed by atoms with Crippen molar-refractivity contribution in [3.63, 3.8) is 0 Å². The van der Waals surface area contributed by atoms with Crippen molar-refractivity contribution in [2.45, 2.75) is 112 Å². The smallest absolute Gasteiger partial charge is 0.0577 e. The molecule has 4 unspecified atom stereocenters. The Bertz CT molecular complexity index is 620. The van der Waals surface area contributed by atoms with Gasteiger partial charge in [-0.05, 0) is 104 Å². The molecule has 4 rings (SSSR count). The normalized spacial score (nSPS) is 46.5. The molecule has 0 amide bonds. The highest BCUT2D eigenvalue weighted by Gasteiger charge is 2.59. The van der Waals surface area contributed by atoms with Crippen LogP contribution in [0.1, 0.15) is 106 Å². The molecule has 1 nitrogen and oxygen atoms in total. The molecule has 0 aliphatic heterocycles. The van der Waals surface area contributed by atoms with Gasteiger partial charge in [0.25, 0.3) is 0 Å². The third-order valence-electron chi connectivity index (χ3n) is 11.1. The molecule has 4 aliphatic rings. The molecule has 166 valence electrons. The maximum atomic E-state index is 10.2. The van der Waals surface area contributed by atoms with Crippen LogP contribution < -0.4 is 0 Å². The van der Waals surface area contributed by atoms with Gasteiger partial charge in [-0.2, -0.15) is 0 Å². The van der Waals surface area contributed by atoms with Crippen LogP contribution in [0.2, 0.25) is 0 Å². The van der Waals surface area contributed by atoms with Gasteiger partial charge in [0.1, 0.15) is 0 Å². The summed E-state index contributed by atoms with van der Waals surface area (Å²) in [5.41, 5.74) is 2.59. The summed E-state index contributed by atoms with van der Waals surface area (Å²) in [5, 5.41) is 10.2. The van der Waals surface area contributed by atoms with Crippen molar-refractivity contribution in [1.29, 1.82) is 0 Å². The third-order valence-corrected chi connectivity index (χ3v) is 11.1. The first-order chi connectivity index (χ1) is 13.7. The van der Waals surface area contributed by atoms with E-state index in [9.17, 15) is 5.11 Å². The van der Waals surface area contributed by atoms with Crippen molar-refractivity contribution in [2.24, 2.45) is 52.3 Å². The number of hydrogen-bond acceptors (Lipinski definition) is 1. The minimum Gasteiger partial charge on any atom is -0.393 e. The Kier molecular flexibility index (Phi) is 6.04. The first-order valence-corrected chi connectivity index (χ1v) is 13.0. The highest BCUT2D eigenvalue weighted by atomic mass is 16.3. The monoisotopic (exact) mass is 400 g/mol. The van der Waals surface area contributed by atoms with Crippen LogP contribution in [0.3, 0.4) is 0 Å². The van der Waals surface area contributed by atoms with E-state index >= 15 is 0 Å². The van der Waals surface area contributed by atoms with E-state index in [-0.39, 0.29) is 6.10 Å². The number of fused-ring (bicyclic) bond motifs is 5. The van der Waals surface area contributed by atoms with Gasteiger partial charge in [-0.3, -0.25) is 0 Å². The van der Waals surface area contributed by atoms with E-state index in [0.717, 1.165) is 54.3 Å². The molecule has 29 heavy (non-hydrogen) atoms. The van der Waals surface area contributed by atoms with Crippen molar-refractivity contribution in [1.82, 2.24) is 0 Å². The van der Waals surface area contributed by atoms with E-state index in [2.05, 4.69) is 47.6 Å². The van der Waals surface area contributed by atoms with Crippen molar-refractivity contribution in [3.8, 4) is 0 Å². The molecule has 3 fully saturated rings. The van der Waals surface area contributed by atoms with Crippen LogP contribution in [0.5, 0.6) is 0 Å². The lowest BCUT2D eigenvalue weighted by Crippen LogP contribution is -2.50. The maximum absolute atomic E-state index is 10.2. The standard InChI is InChI=1S/C28H48O/c1-18(2)19(3)7-8-20(4)24-11-12-25-23-10-9-21-17-22(29)13-15-27(21,5)26(23)14-16-28(24,25)6/h9,18-20,22-26,29H,7-8,10-17H2,1-6H3/t19?,20-,22+,23?,24-,25?,26?,27+,28-/m1/s1. The lowest BCUT2D eigenvalue weighted by atomic mass is 9.47. The molecule has 1 heteroatoms. The summed E-state index contributed by atoms with van der Waals surface area (Å²) in [5.74, 6) is 6.24. The first kappa shape index (κ1) is 21.9. The molecule has 0 radical (unpaired) electrons. The highest BCUT2D eigenvalue weighted by molar-refractivity contribution is 5.25. The fourth-order valence-electron chi connectivity index (χ4n) is 8.68. The Morgan fingerprint density at radius 3 is 2.45 bits per heavy atom. The summed E-state index contributed by atoms with van der Waals surface area (Å²) in [7, 11) is 0. The summed E-state index contributed by atoms with van der Waals surface area (Å²) < 4.78 is 0. The van der Waals surface area contributed by atoms with Crippen molar-refractivity contribution >= 4 is 0 Å². The molecule has 0 aromatic rings. The van der Waals surface area contributed by atoms with Crippen molar-refractivity contribution in [3.05, 3.63) is 11.6 Å². The summed E-state index contributed by atoms with van der Waals surface area (Å²) in [6, 6.07) is 0. The van der Waals surface area contributed by atoms with Crippen molar-refractivity contribution < 1.29 is 5.11 Å². The van der Waals surface area contributed by atoms with Crippen LogP contribution in [-0.4, -0.2) is 11.2 Å². The predicted molar refractivity (Wildman–Crippen MR) is 124 cm³/mol. The molecule has 3 saturated carbocycles. The SMILES string of the molecule is CC(C)C(C)CC[C@@H](C)[C@H]1CCC2C3CC=C4C[C@@H](O)CC[C@]4(C)C3CC[C@@]21C. The second-order valence-corrected chi connectivity index (χ2v) is 12.7. The average molecular weight is 401 g/mol. The molecule has 0 heterocycles. The molecule has 0 bridgehead atoms. The van der Waals surface area contributed by atoms with E-state index in [1.165, 1.54) is 51.4 Å².